The van der Waals surface area contributed by atoms with Crippen molar-refractivity contribution in [2.45, 2.75) is 32.1 Å². The molecular weight excluding hydrogens is 483 g/mol. The second-order valence-electron chi connectivity index (χ2n) is 7.28. The van der Waals surface area contributed by atoms with Crippen molar-refractivity contribution < 1.29 is 12.9 Å². The van der Waals surface area contributed by atoms with Gasteiger partial charge < -0.3 is 20.1 Å². The zero-order valence-electron chi connectivity index (χ0n) is 16.4. The SMILES string of the molecule is CN=C(NCCNC(C)(C)C)N1CCN(S(=O)(=O)Cc2ccon2)CC1.I. The standard InChI is InChI=1S/C16H30N6O3S.HI/c1-16(2,3)19-7-6-18-15(17-4)21-8-10-22(11-9-21)26(23,24)13-14-5-12-25-20-14;/h5,12,19H,6-11,13H2,1-4H3,(H,17,18);1H. The van der Waals surface area contributed by atoms with E-state index in [2.05, 4.69) is 46.5 Å². The van der Waals surface area contributed by atoms with Gasteiger partial charge in [0.05, 0.1) is 5.69 Å². The van der Waals surface area contributed by atoms with Crippen LogP contribution in [-0.2, 0) is 15.8 Å². The van der Waals surface area contributed by atoms with E-state index in [0.717, 1.165) is 19.0 Å². The van der Waals surface area contributed by atoms with Crippen LogP contribution in [0.3, 0.4) is 0 Å². The summed E-state index contributed by atoms with van der Waals surface area (Å²) >= 11 is 0. The minimum absolute atomic E-state index is 0. The first-order valence-corrected chi connectivity index (χ1v) is 10.4. The zero-order valence-corrected chi connectivity index (χ0v) is 19.6. The summed E-state index contributed by atoms with van der Waals surface area (Å²) in [6, 6.07) is 1.57. The van der Waals surface area contributed by atoms with Crippen molar-refractivity contribution in [2.75, 3.05) is 46.3 Å². The molecule has 0 aromatic carbocycles. The highest BCUT2D eigenvalue weighted by molar-refractivity contribution is 14.0. The van der Waals surface area contributed by atoms with Crippen LogP contribution in [0, 0.1) is 0 Å². The van der Waals surface area contributed by atoms with Crippen LogP contribution in [0.4, 0.5) is 0 Å². The highest BCUT2D eigenvalue weighted by Crippen LogP contribution is 2.12. The number of guanidine groups is 1. The summed E-state index contributed by atoms with van der Waals surface area (Å²) < 4.78 is 31.2. The highest BCUT2D eigenvalue weighted by atomic mass is 127. The van der Waals surface area contributed by atoms with Crippen LogP contribution in [0.1, 0.15) is 26.5 Å². The smallest absolute Gasteiger partial charge is 0.220 e. The Morgan fingerprint density at radius 3 is 2.44 bits per heavy atom. The molecule has 0 atom stereocenters. The van der Waals surface area contributed by atoms with Gasteiger partial charge in [-0.1, -0.05) is 5.16 Å². The Balaban J connectivity index is 0.00000364. The number of piperazine rings is 1. The molecule has 2 N–H and O–H groups in total. The van der Waals surface area contributed by atoms with Crippen molar-refractivity contribution in [1.29, 1.82) is 0 Å². The van der Waals surface area contributed by atoms with Gasteiger partial charge in [0.1, 0.15) is 12.0 Å². The van der Waals surface area contributed by atoms with E-state index in [1.807, 2.05) is 0 Å². The van der Waals surface area contributed by atoms with Gasteiger partial charge in [0.15, 0.2) is 5.96 Å². The van der Waals surface area contributed by atoms with Crippen molar-refractivity contribution in [1.82, 2.24) is 25.0 Å². The maximum absolute atomic E-state index is 12.5. The lowest BCUT2D eigenvalue weighted by atomic mass is 10.1. The van der Waals surface area contributed by atoms with Gasteiger partial charge in [-0.3, -0.25) is 4.99 Å². The molecule has 1 aromatic heterocycles. The van der Waals surface area contributed by atoms with Crippen molar-refractivity contribution in [2.24, 2.45) is 4.99 Å². The van der Waals surface area contributed by atoms with E-state index in [9.17, 15) is 8.42 Å². The Morgan fingerprint density at radius 2 is 1.93 bits per heavy atom. The molecule has 27 heavy (non-hydrogen) atoms. The lowest BCUT2D eigenvalue weighted by molar-refractivity contribution is 0.259. The van der Waals surface area contributed by atoms with Crippen molar-refractivity contribution in [3.63, 3.8) is 0 Å². The zero-order chi connectivity index (χ0) is 19.2. The Morgan fingerprint density at radius 1 is 1.26 bits per heavy atom. The molecule has 1 aliphatic heterocycles. The quantitative estimate of drug-likeness (QED) is 0.250. The first-order valence-electron chi connectivity index (χ1n) is 8.79. The van der Waals surface area contributed by atoms with E-state index >= 15 is 0 Å². The summed E-state index contributed by atoms with van der Waals surface area (Å²) in [6.07, 6.45) is 1.38. The monoisotopic (exact) mass is 514 g/mol. The summed E-state index contributed by atoms with van der Waals surface area (Å²) in [5.41, 5.74) is 0.505. The molecule has 2 rings (SSSR count). The molecule has 156 valence electrons. The molecule has 1 aromatic rings. The average molecular weight is 514 g/mol. The first kappa shape index (κ1) is 24.1. The van der Waals surface area contributed by atoms with Gasteiger partial charge in [0.2, 0.25) is 10.0 Å². The predicted octanol–water partition coefficient (Wildman–Crippen LogP) is 0.704. The van der Waals surface area contributed by atoms with E-state index in [1.165, 1.54) is 10.6 Å². The van der Waals surface area contributed by atoms with Crippen LogP contribution in [0.25, 0.3) is 0 Å². The minimum Gasteiger partial charge on any atom is -0.364 e. The molecule has 0 saturated carbocycles. The molecule has 1 fully saturated rings. The summed E-state index contributed by atoms with van der Waals surface area (Å²) in [6.45, 7) is 10.0. The van der Waals surface area contributed by atoms with Crippen LogP contribution < -0.4 is 10.6 Å². The Kier molecular flexibility index (Phi) is 9.45. The van der Waals surface area contributed by atoms with Crippen LogP contribution >= 0.6 is 24.0 Å². The number of nitrogens with zero attached hydrogens (tertiary/aromatic N) is 4. The Bertz CT molecular complexity index is 680. The number of sulfonamides is 1. The van der Waals surface area contributed by atoms with Crippen LogP contribution in [0.15, 0.2) is 21.8 Å². The summed E-state index contributed by atoms with van der Waals surface area (Å²) in [5.74, 6) is 0.670. The molecule has 0 bridgehead atoms. The molecule has 1 aliphatic rings. The third kappa shape index (κ3) is 7.92. The van der Waals surface area contributed by atoms with E-state index < -0.39 is 10.0 Å². The molecule has 1 saturated heterocycles. The second kappa shape index (κ2) is 10.6. The molecule has 9 nitrogen and oxygen atoms in total. The van der Waals surface area contributed by atoms with Gasteiger partial charge in [-0.15, -0.1) is 24.0 Å². The largest absolute Gasteiger partial charge is 0.364 e. The van der Waals surface area contributed by atoms with E-state index in [-0.39, 0.29) is 35.3 Å². The van der Waals surface area contributed by atoms with E-state index in [1.54, 1.807) is 13.1 Å². The first-order chi connectivity index (χ1) is 12.2. The maximum atomic E-state index is 12.5. The fraction of sp³-hybridized carbons (Fsp3) is 0.750. The fourth-order valence-corrected chi connectivity index (χ4v) is 4.14. The molecular formula is C16H31IN6O3S. The van der Waals surface area contributed by atoms with Gasteiger partial charge in [-0.2, -0.15) is 4.31 Å². The number of aliphatic imine (C=N–C) groups is 1. The van der Waals surface area contributed by atoms with Crippen molar-refractivity contribution >= 4 is 40.0 Å². The summed E-state index contributed by atoms with van der Waals surface area (Å²) in [5, 5.41) is 10.4. The fourth-order valence-electron chi connectivity index (χ4n) is 2.71. The lowest BCUT2D eigenvalue weighted by Gasteiger charge is -2.35. The molecule has 0 aliphatic carbocycles. The number of halogens is 1. The van der Waals surface area contributed by atoms with Gasteiger partial charge >= 0.3 is 0 Å². The van der Waals surface area contributed by atoms with Gasteiger partial charge in [-0.05, 0) is 20.8 Å². The number of nitrogens with one attached hydrogen (secondary N) is 2. The molecule has 2 heterocycles. The predicted molar refractivity (Wildman–Crippen MR) is 117 cm³/mol. The lowest BCUT2D eigenvalue weighted by Crippen LogP contribution is -2.54. The van der Waals surface area contributed by atoms with Gasteiger partial charge in [-0.25, -0.2) is 8.42 Å². The molecule has 0 unspecified atom stereocenters. The number of hydrogen-bond acceptors (Lipinski definition) is 6. The molecule has 0 spiro atoms. The summed E-state index contributed by atoms with van der Waals surface area (Å²) in [7, 11) is -1.64. The second-order valence-corrected chi connectivity index (χ2v) is 9.25. The molecule has 11 heteroatoms. The highest BCUT2D eigenvalue weighted by Gasteiger charge is 2.28. The maximum Gasteiger partial charge on any atom is 0.220 e. The number of hydrogen-bond donors (Lipinski definition) is 2. The minimum atomic E-state index is -3.39. The normalized spacial score (nSPS) is 16.9. The van der Waals surface area contributed by atoms with Crippen LogP contribution in [0.2, 0.25) is 0 Å². The summed E-state index contributed by atoms with van der Waals surface area (Å²) in [4.78, 5) is 6.39. The van der Waals surface area contributed by atoms with Crippen molar-refractivity contribution in [3.8, 4) is 0 Å². The van der Waals surface area contributed by atoms with Crippen LogP contribution in [-0.4, -0.2) is 80.6 Å². The number of rotatable bonds is 6. The van der Waals surface area contributed by atoms with E-state index in [4.69, 9.17) is 4.52 Å². The molecule has 0 amide bonds. The Labute approximate surface area is 179 Å². The topological polar surface area (TPSA) is 103 Å². The third-order valence-corrected chi connectivity index (χ3v) is 5.84. The number of aromatic nitrogens is 1. The third-order valence-electron chi connectivity index (χ3n) is 4.03. The van der Waals surface area contributed by atoms with Crippen molar-refractivity contribution in [3.05, 3.63) is 18.0 Å². The van der Waals surface area contributed by atoms with E-state index in [0.29, 0.717) is 31.9 Å². The average Bonchev–Trinajstić information content (AvgIpc) is 3.06. The van der Waals surface area contributed by atoms with Gasteiger partial charge in [0, 0.05) is 57.9 Å². The molecule has 0 radical (unpaired) electrons. The van der Waals surface area contributed by atoms with Gasteiger partial charge in [0.25, 0.3) is 0 Å². The van der Waals surface area contributed by atoms with Crippen LogP contribution in [0.5, 0.6) is 0 Å². The Hall–Kier alpha value is -0.920.